The lowest BCUT2D eigenvalue weighted by molar-refractivity contribution is -0.172. The maximum atomic E-state index is 15.1. The summed E-state index contributed by atoms with van der Waals surface area (Å²) >= 11 is 0. The van der Waals surface area contributed by atoms with Crippen LogP contribution in [0.5, 0.6) is 0 Å². The van der Waals surface area contributed by atoms with Crippen LogP contribution in [-0.4, -0.2) is 145 Å². The molecule has 9 aromatic rings. The molecule has 6 aliphatic heterocycles. The topological polar surface area (TPSA) is 498 Å². The van der Waals surface area contributed by atoms with Crippen molar-refractivity contribution in [2.24, 2.45) is 22.0 Å². The van der Waals surface area contributed by atoms with E-state index in [1.54, 1.807) is 68.9 Å². The van der Waals surface area contributed by atoms with E-state index < -0.39 is 102 Å². The number of aromatic nitrogens is 6. The molecule has 0 saturated heterocycles. The standard InChI is InChI=1S/C30H28FN3O7.C29H28FN3O6.C24H22FN3O4.C5H8O3.CH4O3S/c1-3-30(40)17-8-21-24-15(10-34(21)27(38)16(17)11-41-28(30)39)23-19(33-26(37)25(36)29(12-35)6-7-29)5-4-14-13(2)18(31)9-20(32-24)22(14)23;1-3-29(38)17-8-21-24-15(10-33(21)25(35)16(17)11-39-27(29)37)23-19(32-26(36)28(12-34)6-7-28)5-4-14-13(2)18(30)9-20(31-24)22(14)23;1-3-24(31)14-6-18-21-12(8-28(18)22(29)13(14)9-32-23(24)30)19-16(26)5-4-11-10(2)15(25)7-17(27-21)20(11)19;6-3-5(1-2-5)4(7)8;1-5(2,3)4/h8-9,19,35,40H,3-7,10-12H2,1-2H3,(H,33,37);8-9,19,34,38H,3-7,10-12H2,1-2H3,(H,32,36);6-7,16,31H,3-5,8-9,26H2,1-2H3;6H,1-3H2,(H,7,8);1H3,(H,2,3,4)/t19-,30-;19-,29-;16-,24-;;/m000../s1. The Kier molecular flexibility index (Phi) is 20.7. The zero-order valence-corrected chi connectivity index (χ0v) is 70.0. The minimum Gasteiger partial charge on any atom is -0.481 e. The number of aryl methyl sites for hydroxylation is 3. The van der Waals surface area contributed by atoms with Gasteiger partial charge in [0.15, 0.2) is 16.8 Å². The first-order valence-corrected chi connectivity index (χ1v) is 43.3. The van der Waals surface area contributed by atoms with E-state index in [1.807, 2.05) is 0 Å². The van der Waals surface area contributed by atoms with Crippen LogP contribution in [0.3, 0.4) is 0 Å². The average Bonchev–Trinajstić information content (AvgIpc) is 1.56. The van der Waals surface area contributed by atoms with E-state index in [-0.39, 0.29) is 147 Å². The normalized spacial score (nSPS) is 22.7. The zero-order valence-electron chi connectivity index (χ0n) is 69.2. The number of nitrogens with zero attached hydrogens (tertiary/aromatic N) is 6. The molecule has 125 heavy (non-hydrogen) atoms. The Hall–Kier alpha value is -11.4. The van der Waals surface area contributed by atoms with Crippen molar-refractivity contribution in [3.05, 3.63) is 185 Å². The lowest BCUT2D eigenvalue weighted by atomic mass is 9.81. The van der Waals surface area contributed by atoms with Gasteiger partial charge >= 0.3 is 23.9 Å². The number of rotatable bonds is 12. The predicted octanol–water partition coefficient (Wildman–Crippen LogP) is 6.20. The summed E-state index contributed by atoms with van der Waals surface area (Å²) in [6, 6.07) is 7.75. The molecule has 6 atom stereocenters. The second-order valence-electron chi connectivity index (χ2n) is 34.9. The molecule has 12 N–H and O–H groups in total. The van der Waals surface area contributed by atoms with Crippen molar-refractivity contribution in [2.75, 3.05) is 26.1 Å². The largest absolute Gasteiger partial charge is 0.481 e. The smallest absolute Gasteiger partial charge is 0.343 e. The number of nitrogens with two attached hydrogens (primary N) is 1. The molecule has 32 nitrogen and oxygen atoms in total. The van der Waals surface area contributed by atoms with Crippen LogP contribution in [0.2, 0.25) is 0 Å². The summed E-state index contributed by atoms with van der Waals surface area (Å²) < 4.78 is 90.7. The fraction of sp³-hybridized carbons (Fsp3) is 0.449. The van der Waals surface area contributed by atoms with Crippen LogP contribution >= 0.6 is 0 Å². The molecule has 12 heterocycles. The monoisotopic (exact) mass is 1740 g/mol. The number of carbonyl (C=O) groups excluding carboxylic acids is 6. The van der Waals surface area contributed by atoms with Crippen LogP contribution in [0.4, 0.5) is 13.2 Å². The number of halogens is 3. The number of esters is 3. The highest BCUT2D eigenvalue weighted by atomic mass is 32.2. The number of pyridine rings is 6. The van der Waals surface area contributed by atoms with Gasteiger partial charge in [0.25, 0.3) is 32.7 Å². The number of ketones is 1. The summed E-state index contributed by atoms with van der Waals surface area (Å²) in [6.45, 7) is 9.21. The SMILES string of the molecule is CC[C@@]1(O)C(=O)OCc2c1cc1n(c2=O)Cc2c-1nc1cc(F)c(C)c3c1c2[C@@H](N)CC3.CC[C@@]1(O)C(=O)OCc2c1cc1n(c2=O)Cc2c-1nc1cc(F)c(C)c3c1c2[C@@H](NC(=O)C(=O)C1(CO)CC1)CC3.CC[C@@]1(O)C(=O)OCc2c1cc1n(c2=O)Cc2c-1nc1cc(F)c(C)c3c1c2[C@@H](NC(=O)C1(CO)CC1)CC3.CS(=O)(=O)O.O=C(O)C1(CO)CC1. The van der Waals surface area contributed by atoms with E-state index in [2.05, 4.69) is 10.6 Å². The molecule has 21 rings (SSSR count). The highest BCUT2D eigenvalue weighted by molar-refractivity contribution is 7.85. The third-order valence-corrected chi connectivity index (χ3v) is 27.9. The number of aliphatic carboxylic acids is 1. The number of aliphatic hydroxyl groups excluding tert-OH is 3. The maximum absolute atomic E-state index is 15.1. The van der Waals surface area contributed by atoms with Gasteiger partial charge in [-0.3, -0.25) is 38.1 Å². The van der Waals surface area contributed by atoms with Gasteiger partial charge < -0.3 is 80.0 Å². The first-order valence-electron chi connectivity index (χ1n) is 41.5. The van der Waals surface area contributed by atoms with Crippen molar-refractivity contribution in [3.63, 3.8) is 0 Å². The number of cyclic esters (lactones) is 3. The van der Waals surface area contributed by atoms with Crippen LogP contribution in [0.25, 0.3) is 66.9 Å². The van der Waals surface area contributed by atoms with Gasteiger partial charge in [0.05, 0.1) is 141 Å². The molecule has 2 amide bonds. The number of amides is 2. The van der Waals surface area contributed by atoms with Crippen molar-refractivity contribution in [1.82, 2.24) is 39.3 Å². The number of hydrogen-bond acceptors (Lipinski definition) is 25. The first kappa shape index (κ1) is 85.8. The highest BCUT2D eigenvalue weighted by Gasteiger charge is 2.55. The Morgan fingerprint density at radius 1 is 0.488 bits per heavy atom. The van der Waals surface area contributed by atoms with Crippen molar-refractivity contribution in [3.8, 4) is 34.2 Å². The van der Waals surface area contributed by atoms with E-state index in [9.17, 15) is 86.3 Å². The van der Waals surface area contributed by atoms with Crippen molar-refractivity contribution in [2.45, 2.75) is 212 Å². The summed E-state index contributed by atoms with van der Waals surface area (Å²) in [4.78, 5) is 142. The molecule has 0 spiro atoms. The minimum atomic E-state index is -3.67. The molecule has 3 saturated carbocycles. The number of ether oxygens (including phenoxy) is 3. The number of Topliss-reactive ketones (excluding diaryl/α,β-unsaturated/α-hetero) is 1. The maximum Gasteiger partial charge on any atom is 0.343 e. The van der Waals surface area contributed by atoms with Gasteiger partial charge in [-0.15, -0.1) is 0 Å². The molecule has 0 radical (unpaired) electrons. The summed E-state index contributed by atoms with van der Waals surface area (Å²) in [6.07, 6.45) is 7.54. The van der Waals surface area contributed by atoms with E-state index in [0.29, 0.717) is 167 Å². The van der Waals surface area contributed by atoms with Gasteiger partial charge in [-0.05, 0) is 185 Å². The number of carboxylic acids is 1. The molecule has 656 valence electrons. The van der Waals surface area contributed by atoms with Crippen LogP contribution < -0.4 is 33.0 Å². The molecule has 12 aliphatic rings. The molecule has 0 bridgehead atoms. The summed E-state index contributed by atoms with van der Waals surface area (Å²) in [7, 11) is -3.67. The summed E-state index contributed by atoms with van der Waals surface area (Å²) in [5.41, 5.74) is 11.1. The second-order valence-corrected chi connectivity index (χ2v) is 36.4. The second kappa shape index (κ2) is 30.2. The van der Waals surface area contributed by atoms with E-state index in [1.165, 1.54) is 22.8 Å². The van der Waals surface area contributed by atoms with Crippen LogP contribution in [-0.2, 0) is 133 Å². The molecule has 3 aromatic carbocycles. The molecule has 6 aromatic heterocycles. The van der Waals surface area contributed by atoms with Gasteiger partial charge in [0.2, 0.25) is 11.7 Å². The number of benzene rings is 3. The molecule has 3 fully saturated rings. The Bertz CT molecular complexity index is 6700. The Labute approximate surface area is 709 Å². The van der Waals surface area contributed by atoms with Crippen LogP contribution in [0.1, 0.15) is 216 Å². The molecule has 0 unspecified atom stereocenters. The molecular formula is C89H90F3N9O23S. The quantitative estimate of drug-likeness (QED) is 0.0281. The van der Waals surface area contributed by atoms with Gasteiger partial charge in [-0.25, -0.2) is 42.5 Å². The fourth-order valence-corrected chi connectivity index (χ4v) is 19.6. The molecule has 6 aliphatic carbocycles. The Balaban J connectivity index is 0.000000124. The molecular weight excluding hydrogens is 1650 g/mol. The zero-order chi connectivity index (χ0) is 89.7. The third kappa shape index (κ3) is 13.3. The molecule has 36 heteroatoms. The lowest BCUT2D eigenvalue weighted by Gasteiger charge is -2.31. The van der Waals surface area contributed by atoms with Gasteiger partial charge in [-0.2, -0.15) is 8.42 Å². The summed E-state index contributed by atoms with van der Waals surface area (Å²) in [5.74, 6) is -6.01. The lowest BCUT2D eigenvalue weighted by Crippen LogP contribution is -2.44. The van der Waals surface area contributed by atoms with Gasteiger partial charge in [0.1, 0.15) is 37.3 Å². The van der Waals surface area contributed by atoms with E-state index >= 15 is 8.78 Å². The number of carboxylic acid groups (broad SMARTS) is 1. The van der Waals surface area contributed by atoms with Crippen LogP contribution in [0, 0.1) is 54.5 Å². The Morgan fingerprint density at radius 2 is 0.800 bits per heavy atom. The fourth-order valence-electron chi connectivity index (χ4n) is 19.6. The van der Waals surface area contributed by atoms with Crippen molar-refractivity contribution < 1.29 is 110 Å². The highest BCUT2D eigenvalue weighted by Crippen LogP contribution is 2.53. The van der Waals surface area contributed by atoms with Crippen molar-refractivity contribution >= 4 is 84.3 Å². The first-order chi connectivity index (χ1) is 59.1. The number of carbonyl (C=O) groups is 7. The van der Waals surface area contributed by atoms with Gasteiger partial charge in [0, 0.05) is 73.8 Å². The summed E-state index contributed by atoms with van der Waals surface area (Å²) in [5, 5.41) is 78.0. The number of aliphatic hydroxyl groups is 6. The number of hydrogen-bond donors (Lipinski definition) is 11. The van der Waals surface area contributed by atoms with Gasteiger partial charge in [-0.1, -0.05) is 20.8 Å². The third-order valence-electron chi connectivity index (χ3n) is 27.9. The predicted molar refractivity (Wildman–Crippen MR) is 438 cm³/mol. The van der Waals surface area contributed by atoms with E-state index in [0.717, 1.165) is 49.7 Å². The Morgan fingerprint density at radius 3 is 1.10 bits per heavy atom. The minimum absolute atomic E-state index is 0.00367. The van der Waals surface area contributed by atoms with Crippen LogP contribution in [0.15, 0.2) is 50.8 Å². The number of nitrogens with one attached hydrogen (secondary N) is 2. The number of fused-ring (bicyclic) bond motifs is 15. The average molecular weight is 1740 g/mol. The van der Waals surface area contributed by atoms with E-state index in [4.69, 9.17) is 49.7 Å². The van der Waals surface area contributed by atoms with Crippen molar-refractivity contribution in [1.29, 1.82) is 0 Å².